The summed E-state index contributed by atoms with van der Waals surface area (Å²) in [6.45, 7) is 0. The van der Waals surface area contributed by atoms with Crippen LogP contribution in [0.15, 0.2) is 11.4 Å². The van der Waals surface area contributed by atoms with Crippen LogP contribution < -0.4 is 0 Å². The highest BCUT2D eigenvalue weighted by molar-refractivity contribution is 7.56. The van der Waals surface area contributed by atoms with Gasteiger partial charge in [-0.3, -0.25) is 4.57 Å². The largest absolute Gasteiger partial charge is 0.352 e. The van der Waals surface area contributed by atoms with Gasteiger partial charge in [0.1, 0.15) is 12.3 Å². The maximum Gasteiger partial charge on any atom is 0.352 e. The lowest BCUT2D eigenvalue weighted by Gasteiger charge is -2.31. The van der Waals surface area contributed by atoms with Crippen molar-refractivity contribution in [2.45, 2.75) is 63.7 Å². The van der Waals surface area contributed by atoms with Gasteiger partial charge in [-0.25, -0.2) is 8.78 Å². The molecule has 2 rings (SSSR count). The second-order valence-electron chi connectivity index (χ2n) is 6.01. The molecule has 6 heteroatoms. The topological polar surface area (TPSA) is 57.5 Å². The first-order chi connectivity index (χ1) is 9.39. The number of rotatable bonds is 3. The molecule has 2 aliphatic carbocycles. The van der Waals surface area contributed by atoms with E-state index in [1.54, 1.807) is 0 Å². The van der Waals surface area contributed by atoms with Gasteiger partial charge in [-0.05, 0) is 25.7 Å². The fourth-order valence-corrected chi connectivity index (χ4v) is 4.49. The van der Waals surface area contributed by atoms with Crippen LogP contribution in [0.5, 0.6) is 0 Å². The molecule has 2 fully saturated rings. The van der Waals surface area contributed by atoms with Gasteiger partial charge in [-0.1, -0.05) is 31.8 Å². The first kappa shape index (κ1) is 16.1. The van der Waals surface area contributed by atoms with E-state index in [0.29, 0.717) is 25.7 Å². The molecule has 2 aliphatic rings. The van der Waals surface area contributed by atoms with E-state index >= 15 is 0 Å². The highest BCUT2D eigenvalue weighted by Crippen LogP contribution is 2.54. The van der Waals surface area contributed by atoms with Crippen molar-refractivity contribution in [1.82, 2.24) is 0 Å². The number of halogens is 2. The van der Waals surface area contributed by atoms with Crippen LogP contribution >= 0.6 is 7.60 Å². The van der Waals surface area contributed by atoms with Gasteiger partial charge < -0.3 is 9.79 Å². The third-order valence-electron chi connectivity index (χ3n) is 4.51. The summed E-state index contributed by atoms with van der Waals surface area (Å²) in [5.41, 5.74) is 0. The lowest BCUT2D eigenvalue weighted by atomic mass is 9.83. The van der Waals surface area contributed by atoms with E-state index in [0.717, 1.165) is 25.7 Å². The third-order valence-corrected chi connectivity index (χ3v) is 5.67. The minimum atomic E-state index is -4.52. The van der Waals surface area contributed by atoms with Crippen molar-refractivity contribution in [1.29, 1.82) is 0 Å². The fraction of sp³-hybridized carbons (Fsp3) is 0.857. The standard InChI is InChI=1S/C14H23F2O3P/c15-12-7-3-1-5-10(12)9-14(20(17,18)19)11-6-2-4-8-13(11)16/h9-13H,1-8H2,(H2,17,18,19)/b14-9-. The molecule has 0 radical (unpaired) electrons. The maximum absolute atomic E-state index is 14.0. The van der Waals surface area contributed by atoms with Crippen LogP contribution in [0, 0.1) is 11.8 Å². The molecule has 0 amide bonds. The van der Waals surface area contributed by atoms with Crippen molar-refractivity contribution in [2.24, 2.45) is 11.8 Å². The van der Waals surface area contributed by atoms with Crippen molar-refractivity contribution in [2.75, 3.05) is 0 Å². The van der Waals surface area contributed by atoms with E-state index in [1.165, 1.54) is 6.08 Å². The summed E-state index contributed by atoms with van der Waals surface area (Å²) in [6.07, 6.45) is 4.09. The lowest BCUT2D eigenvalue weighted by molar-refractivity contribution is 0.182. The van der Waals surface area contributed by atoms with Gasteiger partial charge in [0, 0.05) is 17.2 Å². The Balaban J connectivity index is 2.24. The molecule has 0 aromatic carbocycles. The SMILES string of the molecule is O=P(O)(O)/C(=C\C1CCCCC1F)C1CCCCC1F. The second-order valence-corrected chi connectivity index (χ2v) is 7.61. The van der Waals surface area contributed by atoms with Crippen LogP contribution in [0.4, 0.5) is 8.78 Å². The summed E-state index contributed by atoms with van der Waals surface area (Å²) in [7, 11) is -4.52. The van der Waals surface area contributed by atoms with Crippen molar-refractivity contribution in [3.05, 3.63) is 11.4 Å². The Morgan fingerprint density at radius 1 is 0.950 bits per heavy atom. The van der Waals surface area contributed by atoms with Gasteiger partial charge in [0.2, 0.25) is 0 Å². The molecule has 0 aliphatic heterocycles. The molecule has 2 N–H and O–H groups in total. The molecule has 4 atom stereocenters. The summed E-state index contributed by atoms with van der Waals surface area (Å²) in [6, 6.07) is 0. The van der Waals surface area contributed by atoms with Crippen LogP contribution in [0.3, 0.4) is 0 Å². The lowest BCUT2D eigenvalue weighted by Crippen LogP contribution is -2.25. The molecule has 0 heterocycles. The van der Waals surface area contributed by atoms with Gasteiger partial charge in [-0.2, -0.15) is 0 Å². The quantitative estimate of drug-likeness (QED) is 0.772. The third kappa shape index (κ3) is 3.90. The molecule has 2 saturated carbocycles. The molecule has 0 saturated heterocycles. The van der Waals surface area contributed by atoms with Gasteiger partial charge in [0.05, 0.1) is 0 Å². The minimum absolute atomic E-state index is 0.153. The zero-order valence-electron chi connectivity index (χ0n) is 11.5. The van der Waals surface area contributed by atoms with E-state index in [4.69, 9.17) is 0 Å². The zero-order valence-corrected chi connectivity index (χ0v) is 12.4. The summed E-state index contributed by atoms with van der Waals surface area (Å²) in [4.78, 5) is 19.0. The highest BCUT2D eigenvalue weighted by atomic mass is 31.2. The fourth-order valence-electron chi connectivity index (χ4n) is 3.38. The average molecular weight is 308 g/mol. The van der Waals surface area contributed by atoms with Crippen LogP contribution in [0.25, 0.3) is 0 Å². The van der Waals surface area contributed by atoms with Gasteiger partial charge in [-0.15, -0.1) is 0 Å². The predicted octanol–water partition coefficient (Wildman–Crippen LogP) is 4.10. The molecule has 116 valence electrons. The Hall–Kier alpha value is -0.250. The monoisotopic (exact) mass is 308 g/mol. The molecule has 0 aromatic rings. The normalized spacial score (nSPS) is 36.9. The molecule has 4 unspecified atom stereocenters. The molecule has 0 bridgehead atoms. The van der Waals surface area contributed by atoms with Gasteiger partial charge in [0.25, 0.3) is 0 Å². The predicted molar refractivity (Wildman–Crippen MR) is 73.8 cm³/mol. The first-order valence-corrected chi connectivity index (χ1v) is 9.07. The van der Waals surface area contributed by atoms with Gasteiger partial charge >= 0.3 is 7.60 Å². The maximum atomic E-state index is 14.0. The average Bonchev–Trinajstić information content (AvgIpc) is 2.38. The van der Waals surface area contributed by atoms with E-state index in [9.17, 15) is 23.1 Å². The number of hydrogen-bond acceptors (Lipinski definition) is 1. The zero-order chi connectivity index (χ0) is 14.8. The Morgan fingerprint density at radius 3 is 2.05 bits per heavy atom. The van der Waals surface area contributed by atoms with E-state index in [1.807, 2.05) is 0 Å². The van der Waals surface area contributed by atoms with Gasteiger partial charge in [0.15, 0.2) is 0 Å². The smallest absolute Gasteiger partial charge is 0.321 e. The number of alkyl halides is 2. The molecular formula is C14H23F2O3P. The number of hydrogen-bond donors (Lipinski definition) is 2. The molecule has 3 nitrogen and oxygen atoms in total. The van der Waals surface area contributed by atoms with Crippen molar-refractivity contribution >= 4 is 7.60 Å². The van der Waals surface area contributed by atoms with Crippen molar-refractivity contribution in [3.63, 3.8) is 0 Å². The summed E-state index contributed by atoms with van der Waals surface area (Å²) < 4.78 is 39.6. The van der Waals surface area contributed by atoms with E-state index in [2.05, 4.69) is 0 Å². The Kier molecular flexibility index (Phi) is 5.38. The Bertz CT molecular complexity index is 407. The van der Waals surface area contributed by atoms with Crippen LogP contribution in [-0.2, 0) is 4.57 Å². The minimum Gasteiger partial charge on any atom is -0.321 e. The van der Waals surface area contributed by atoms with E-state index in [-0.39, 0.29) is 5.31 Å². The first-order valence-electron chi connectivity index (χ1n) is 7.45. The second kappa shape index (κ2) is 6.67. The van der Waals surface area contributed by atoms with Crippen LogP contribution in [0.1, 0.15) is 51.4 Å². The summed E-state index contributed by atoms with van der Waals surface area (Å²) in [5.74, 6) is -1.21. The van der Waals surface area contributed by atoms with E-state index < -0.39 is 31.8 Å². The summed E-state index contributed by atoms with van der Waals surface area (Å²) >= 11 is 0. The molecular weight excluding hydrogens is 285 g/mol. The molecule has 0 aromatic heterocycles. The number of allylic oxidation sites excluding steroid dienone is 2. The molecule has 0 spiro atoms. The Morgan fingerprint density at radius 2 is 1.50 bits per heavy atom. The van der Waals surface area contributed by atoms with Crippen molar-refractivity contribution in [3.8, 4) is 0 Å². The Labute approximate surface area is 118 Å². The summed E-state index contributed by atoms with van der Waals surface area (Å²) in [5, 5.41) is -0.153. The van der Waals surface area contributed by atoms with Crippen molar-refractivity contribution < 1.29 is 23.1 Å². The van der Waals surface area contributed by atoms with Crippen LogP contribution in [0.2, 0.25) is 0 Å². The van der Waals surface area contributed by atoms with Crippen LogP contribution in [-0.4, -0.2) is 22.1 Å². The molecule has 20 heavy (non-hydrogen) atoms. The highest BCUT2D eigenvalue weighted by Gasteiger charge is 2.37.